The lowest BCUT2D eigenvalue weighted by Crippen LogP contribution is -2.24. The summed E-state index contributed by atoms with van der Waals surface area (Å²) in [6.45, 7) is 6.43. The Bertz CT molecular complexity index is 561. The van der Waals surface area contributed by atoms with Gasteiger partial charge in [-0.3, -0.25) is 9.67 Å². The average molecular weight is 261 g/mol. The van der Waals surface area contributed by atoms with Crippen LogP contribution in [-0.4, -0.2) is 14.8 Å². The van der Waals surface area contributed by atoms with Crippen molar-refractivity contribution in [3.05, 3.63) is 46.5 Å². The number of benzene rings is 1. The maximum Gasteiger partial charge on any atom is 0.195 e. The predicted molar refractivity (Wildman–Crippen MR) is 76.3 cm³/mol. The summed E-state index contributed by atoms with van der Waals surface area (Å²) >= 11 is 5.30. The molecule has 18 heavy (non-hydrogen) atoms. The molecule has 0 atom stereocenters. The summed E-state index contributed by atoms with van der Waals surface area (Å²) in [5.74, 6) is 1.02. The number of rotatable bonds is 3. The Morgan fingerprint density at radius 1 is 1.17 bits per heavy atom. The topological polar surface area (TPSA) is 33.6 Å². The van der Waals surface area contributed by atoms with Gasteiger partial charge in [0.05, 0.1) is 0 Å². The lowest BCUT2D eigenvalue weighted by Gasteiger charge is -2.22. The van der Waals surface area contributed by atoms with Crippen molar-refractivity contribution in [3.8, 4) is 0 Å². The first-order valence-electron chi connectivity index (χ1n) is 6.19. The Morgan fingerprint density at radius 2 is 1.83 bits per heavy atom. The highest BCUT2D eigenvalue weighted by molar-refractivity contribution is 7.71. The molecule has 0 unspecified atom stereocenters. The minimum atomic E-state index is -0.0316. The minimum absolute atomic E-state index is 0.0316. The molecule has 3 nitrogen and oxygen atoms in total. The summed E-state index contributed by atoms with van der Waals surface area (Å²) in [4.78, 5) is 0. The van der Waals surface area contributed by atoms with Crippen molar-refractivity contribution in [2.45, 2.75) is 39.2 Å². The lowest BCUT2D eigenvalue weighted by molar-refractivity contribution is 0.377. The summed E-state index contributed by atoms with van der Waals surface area (Å²) in [7, 11) is 0. The molecule has 2 aromatic rings. The molecule has 2 rings (SSSR count). The van der Waals surface area contributed by atoms with Crippen LogP contribution in [-0.2, 0) is 18.4 Å². The summed E-state index contributed by atoms with van der Waals surface area (Å²) in [6.07, 6.45) is 1.88. The number of H-pyrrole nitrogens is 1. The van der Waals surface area contributed by atoms with Gasteiger partial charge in [0.25, 0.3) is 0 Å². The molecule has 96 valence electrons. The van der Waals surface area contributed by atoms with E-state index in [0.29, 0.717) is 4.77 Å². The number of aromatic nitrogens is 3. The standard InChI is InChI=1S/C14H19N3S/c1-14(2,3)17-12(15-16-13(17)18)10-9-11-7-5-4-6-8-11/h4-8H,9-10H2,1-3H3,(H,16,18). The van der Waals surface area contributed by atoms with Gasteiger partial charge < -0.3 is 0 Å². The Balaban J connectivity index is 2.18. The first kappa shape index (κ1) is 13.0. The van der Waals surface area contributed by atoms with Gasteiger partial charge >= 0.3 is 0 Å². The molecule has 0 bridgehead atoms. The molecule has 4 heteroatoms. The van der Waals surface area contributed by atoms with Crippen LogP contribution in [0.1, 0.15) is 32.2 Å². The fourth-order valence-electron chi connectivity index (χ4n) is 2.09. The summed E-state index contributed by atoms with van der Waals surface area (Å²) < 4.78 is 2.80. The highest BCUT2D eigenvalue weighted by atomic mass is 32.1. The van der Waals surface area contributed by atoms with Crippen LogP contribution in [0, 0.1) is 4.77 Å². The summed E-state index contributed by atoms with van der Waals surface area (Å²) in [5.41, 5.74) is 1.29. The predicted octanol–water partition coefficient (Wildman–Crippen LogP) is 3.48. The Kier molecular flexibility index (Phi) is 3.66. The highest BCUT2D eigenvalue weighted by Gasteiger charge is 2.18. The molecule has 0 amide bonds. The maximum absolute atomic E-state index is 5.30. The fourth-order valence-corrected chi connectivity index (χ4v) is 2.51. The molecule has 0 aliphatic carbocycles. The quantitative estimate of drug-likeness (QED) is 0.858. The second-order valence-electron chi connectivity index (χ2n) is 5.44. The molecule has 1 heterocycles. The number of aryl methyl sites for hydroxylation is 2. The van der Waals surface area contributed by atoms with Crippen molar-refractivity contribution >= 4 is 12.2 Å². The van der Waals surface area contributed by atoms with Crippen molar-refractivity contribution in [2.24, 2.45) is 0 Å². The molecule has 1 N–H and O–H groups in total. The summed E-state index contributed by atoms with van der Waals surface area (Å²) in [6, 6.07) is 10.5. The van der Waals surface area contributed by atoms with E-state index in [4.69, 9.17) is 12.2 Å². The molecule has 0 aliphatic rings. The van der Waals surface area contributed by atoms with Gasteiger partial charge in [0.1, 0.15) is 5.82 Å². The Hall–Kier alpha value is -1.42. The second-order valence-corrected chi connectivity index (χ2v) is 5.82. The smallest absolute Gasteiger partial charge is 0.195 e. The number of aromatic amines is 1. The van der Waals surface area contributed by atoms with Crippen LogP contribution in [0.4, 0.5) is 0 Å². The van der Waals surface area contributed by atoms with Crippen LogP contribution in [0.3, 0.4) is 0 Å². The zero-order chi connectivity index (χ0) is 13.2. The van der Waals surface area contributed by atoms with E-state index in [9.17, 15) is 0 Å². The Morgan fingerprint density at radius 3 is 2.44 bits per heavy atom. The molecule has 0 radical (unpaired) electrons. The molecule has 1 aromatic heterocycles. The fraction of sp³-hybridized carbons (Fsp3) is 0.429. The first-order chi connectivity index (χ1) is 8.48. The Labute approximate surface area is 113 Å². The van der Waals surface area contributed by atoms with E-state index in [1.807, 2.05) is 6.07 Å². The van der Waals surface area contributed by atoms with E-state index in [-0.39, 0.29) is 5.54 Å². The third-order valence-electron chi connectivity index (χ3n) is 2.89. The SMILES string of the molecule is CC(C)(C)n1c(CCc2ccccc2)n[nH]c1=S. The van der Waals surface area contributed by atoms with Crippen molar-refractivity contribution in [2.75, 3.05) is 0 Å². The van der Waals surface area contributed by atoms with Crippen LogP contribution >= 0.6 is 12.2 Å². The van der Waals surface area contributed by atoms with E-state index < -0.39 is 0 Å². The van der Waals surface area contributed by atoms with E-state index in [1.54, 1.807) is 0 Å². The van der Waals surface area contributed by atoms with Gasteiger partial charge in [0, 0.05) is 12.0 Å². The molecule has 0 saturated heterocycles. The molecular formula is C14H19N3S. The van der Waals surface area contributed by atoms with Gasteiger partial charge in [-0.25, -0.2) is 0 Å². The normalized spacial score (nSPS) is 11.7. The van der Waals surface area contributed by atoms with Crippen LogP contribution in [0.5, 0.6) is 0 Å². The molecule has 0 spiro atoms. The monoisotopic (exact) mass is 261 g/mol. The lowest BCUT2D eigenvalue weighted by atomic mass is 10.1. The largest absolute Gasteiger partial charge is 0.299 e. The third kappa shape index (κ3) is 2.88. The second kappa shape index (κ2) is 5.06. The van der Waals surface area contributed by atoms with E-state index in [0.717, 1.165) is 18.7 Å². The minimum Gasteiger partial charge on any atom is -0.299 e. The third-order valence-corrected chi connectivity index (χ3v) is 3.17. The molecular weight excluding hydrogens is 242 g/mol. The maximum atomic E-state index is 5.30. The number of hydrogen-bond donors (Lipinski definition) is 1. The van der Waals surface area contributed by atoms with Crippen LogP contribution in [0.15, 0.2) is 30.3 Å². The van der Waals surface area contributed by atoms with Gasteiger partial charge in [0.15, 0.2) is 4.77 Å². The van der Waals surface area contributed by atoms with Crippen LogP contribution < -0.4 is 0 Å². The van der Waals surface area contributed by atoms with Crippen molar-refractivity contribution in [1.29, 1.82) is 0 Å². The highest BCUT2D eigenvalue weighted by Crippen LogP contribution is 2.17. The molecule has 1 aromatic carbocycles. The van der Waals surface area contributed by atoms with Gasteiger partial charge in [-0.05, 0) is 45.0 Å². The van der Waals surface area contributed by atoms with Crippen molar-refractivity contribution < 1.29 is 0 Å². The van der Waals surface area contributed by atoms with Gasteiger partial charge in [-0.2, -0.15) is 5.10 Å². The number of hydrogen-bond acceptors (Lipinski definition) is 2. The van der Waals surface area contributed by atoms with Gasteiger partial charge in [-0.15, -0.1) is 0 Å². The van der Waals surface area contributed by atoms with Crippen molar-refractivity contribution in [3.63, 3.8) is 0 Å². The first-order valence-corrected chi connectivity index (χ1v) is 6.60. The van der Waals surface area contributed by atoms with Crippen molar-refractivity contribution in [1.82, 2.24) is 14.8 Å². The van der Waals surface area contributed by atoms with Crippen LogP contribution in [0.2, 0.25) is 0 Å². The zero-order valence-corrected chi connectivity index (χ0v) is 11.9. The van der Waals surface area contributed by atoms with Crippen LogP contribution in [0.25, 0.3) is 0 Å². The number of nitrogens with one attached hydrogen (secondary N) is 1. The van der Waals surface area contributed by atoms with E-state index in [2.05, 4.69) is 59.8 Å². The van der Waals surface area contributed by atoms with Gasteiger partial charge in [-0.1, -0.05) is 30.3 Å². The molecule has 0 fully saturated rings. The summed E-state index contributed by atoms with van der Waals surface area (Å²) in [5, 5.41) is 7.24. The molecule has 0 saturated carbocycles. The zero-order valence-electron chi connectivity index (χ0n) is 11.1. The number of nitrogens with zero attached hydrogens (tertiary/aromatic N) is 2. The molecule has 0 aliphatic heterocycles. The van der Waals surface area contributed by atoms with E-state index >= 15 is 0 Å². The average Bonchev–Trinajstić information content (AvgIpc) is 2.69. The van der Waals surface area contributed by atoms with E-state index in [1.165, 1.54) is 5.56 Å². The van der Waals surface area contributed by atoms with Gasteiger partial charge in [0.2, 0.25) is 0 Å².